The van der Waals surface area contributed by atoms with Crippen LogP contribution in [0.25, 0.3) is 0 Å². The van der Waals surface area contributed by atoms with Crippen LogP contribution in [-0.2, 0) is 6.42 Å². The molecule has 1 rings (SSSR count). The molecule has 0 saturated carbocycles. The Balaban J connectivity index is 2.65. The Morgan fingerprint density at radius 1 is 1.69 bits per heavy atom. The highest BCUT2D eigenvalue weighted by Gasteiger charge is 2.07. The highest BCUT2D eigenvalue weighted by Crippen LogP contribution is 1.98. The van der Waals surface area contributed by atoms with Crippen LogP contribution in [0, 0.1) is 0 Å². The maximum Gasteiger partial charge on any atom is 0.416 e. The monoisotopic (exact) mass is 183 g/mol. The van der Waals surface area contributed by atoms with Gasteiger partial charge >= 0.3 is 6.09 Å². The molecule has 0 atom stereocenters. The van der Waals surface area contributed by atoms with E-state index in [0.717, 1.165) is 11.1 Å². The topological polar surface area (TPSA) is 58.4 Å². The average molecular weight is 183 g/mol. The summed E-state index contributed by atoms with van der Waals surface area (Å²) in [5.74, 6) is 0.584. The number of likely N-dealkylation sites (N-methyl/N-ethyl adjacent to an activating group) is 1. The third kappa shape index (κ3) is 2.55. The number of carbonyl (C=O) groups is 1. The van der Waals surface area contributed by atoms with E-state index < -0.39 is 6.09 Å². The van der Waals surface area contributed by atoms with Crippen LogP contribution in [0.15, 0.2) is 12.4 Å². The van der Waals surface area contributed by atoms with Gasteiger partial charge in [-0.3, -0.25) is 0 Å². The van der Waals surface area contributed by atoms with Crippen molar-refractivity contribution in [2.45, 2.75) is 6.42 Å². The maximum absolute atomic E-state index is 10.6. The quantitative estimate of drug-likeness (QED) is 0.742. The molecule has 0 saturated heterocycles. The Hall–Kier alpha value is -1.36. The third-order valence-corrected chi connectivity index (χ3v) is 1.71. The van der Waals surface area contributed by atoms with E-state index in [2.05, 4.69) is 4.98 Å². The van der Waals surface area contributed by atoms with Crippen LogP contribution in [0.1, 0.15) is 5.82 Å². The van der Waals surface area contributed by atoms with Crippen LogP contribution in [0.2, 0.25) is 0 Å². The molecule has 0 unspecified atom stereocenters. The van der Waals surface area contributed by atoms with Crippen molar-refractivity contribution in [1.82, 2.24) is 14.5 Å². The fraction of sp³-hybridized carbons (Fsp3) is 0.500. The summed E-state index contributed by atoms with van der Waals surface area (Å²) in [5, 5.41) is 8.73. The van der Waals surface area contributed by atoms with Crippen LogP contribution in [-0.4, -0.2) is 46.3 Å². The number of aromatic nitrogens is 2. The summed E-state index contributed by atoms with van der Waals surface area (Å²) in [7, 11) is 3.88. The van der Waals surface area contributed by atoms with Gasteiger partial charge in [-0.25, -0.2) is 14.3 Å². The second-order valence-corrected chi connectivity index (χ2v) is 3.05. The molecule has 0 bridgehead atoms. The molecule has 0 aliphatic rings. The van der Waals surface area contributed by atoms with E-state index in [1.807, 2.05) is 19.0 Å². The van der Waals surface area contributed by atoms with Crippen molar-refractivity contribution in [1.29, 1.82) is 0 Å². The molecule has 0 aliphatic heterocycles. The first-order valence-corrected chi connectivity index (χ1v) is 4.01. The molecular formula is C8H13N3O2. The first-order chi connectivity index (χ1) is 6.11. The summed E-state index contributed by atoms with van der Waals surface area (Å²) in [6.45, 7) is 0.796. The van der Waals surface area contributed by atoms with E-state index in [1.54, 1.807) is 0 Å². The molecule has 0 aliphatic carbocycles. The summed E-state index contributed by atoms with van der Waals surface area (Å²) < 4.78 is 1.14. The molecule has 13 heavy (non-hydrogen) atoms. The van der Waals surface area contributed by atoms with Crippen molar-refractivity contribution in [3.8, 4) is 0 Å². The second-order valence-electron chi connectivity index (χ2n) is 3.05. The Kier molecular flexibility index (Phi) is 3.02. The Labute approximate surface area is 76.6 Å². The molecule has 1 aromatic heterocycles. The number of imidazole rings is 1. The summed E-state index contributed by atoms with van der Waals surface area (Å²) in [5.41, 5.74) is 0. The van der Waals surface area contributed by atoms with Crippen LogP contribution in [0.4, 0.5) is 4.79 Å². The van der Waals surface area contributed by atoms with Crippen molar-refractivity contribution in [2.75, 3.05) is 20.6 Å². The molecule has 1 N–H and O–H groups in total. The lowest BCUT2D eigenvalue weighted by atomic mass is 10.4. The largest absolute Gasteiger partial charge is 0.464 e. The minimum absolute atomic E-state index is 0.584. The van der Waals surface area contributed by atoms with Gasteiger partial charge in [0.2, 0.25) is 0 Å². The van der Waals surface area contributed by atoms with Crippen LogP contribution < -0.4 is 0 Å². The first kappa shape index (κ1) is 9.73. The van der Waals surface area contributed by atoms with Crippen molar-refractivity contribution in [2.24, 2.45) is 0 Å². The van der Waals surface area contributed by atoms with E-state index in [-0.39, 0.29) is 0 Å². The van der Waals surface area contributed by atoms with Crippen molar-refractivity contribution in [3.63, 3.8) is 0 Å². The fourth-order valence-corrected chi connectivity index (χ4v) is 1.02. The number of hydrogen-bond acceptors (Lipinski definition) is 3. The minimum atomic E-state index is -0.980. The standard InChI is InChI=1S/C8H13N3O2/c1-10(2)5-3-7-9-4-6-11(7)8(12)13/h4,6H,3,5H2,1-2H3,(H,12,13). The third-order valence-electron chi connectivity index (χ3n) is 1.71. The smallest absolute Gasteiger partial charge is 0.416 e. The molecule has 1 heterocycles. The minimum Gasteiger partial charge on any atom is -0.464 e. The van der Waals surface area contributed by atoms with Gasteiger partial charge < -0.3 is 10.0 Å². The zero-order valence-electron chi connectivity index (χ0n) is 7.77. The first-order valence-electron chi connectivity index (χ1n) is 4.01. The molecule has 72 valence electrons. The summed E-state index contributed by atoms with van der Waals surface area (Å²) in [6.07, 6.45) is 2.62. The van der Waals surface area contributed by atoms with Crippen molar-refractivity contribution >= 4 is 6.09 Å². The Morgan fingerprint density at radius 2 is 2.38 bits per heavy atom. The lowest BCUT2D eigenvalue weighted by molar-refractivity contribution is 0.195. The number of rotatable bonds is 3. The van der Waals surface area contributed by atoms with Crippen molar-refractivity contribution < 1.29 is 9.90 Å². The normalized spacial score (nSPS) is 10.7. The van der Waals surface area contributed by atoms with Gasteiger partial charge in [0.25, 0.3) is 0 Å². The molecule has 0 radical (unpaired) electrons. The van der Waals surface area contributed by atoms with Gasteiger partial charge in [-0.05, 0) is 14.1 Å². The zero-order valence-corrected chi connectivity index (χ0v) is 7.77. The van der Waals surface area contributed by atoms with Gasteiger partial charge in [-0.2, -0.15) is 0 Å². The lowest BCUT2D eigenvalue weighted by Crippen LogP contribution is -2.19. The predicted molar refractivity (Wildman–Crippen MR) is 47.9 cm³/mol. The lowest BCUT2D eigenvalue weighted by Gasteiger charge is -2.08. The molecule has 0 spiro atoms. The number of nitrogens with zero attached hydrogens (tertiary/aromatic N) is 3. The van der Waals surface area contributed by atoms with Gasteiger partial charge in [0.05, 0.1) is 0 Å². The maximum atomic E-state index is 10.6. The summed E-state index contributed by atoms with van der Waals surface area (Å²) in [4.78, 5) is 16.6. The predicted octanol–water partition coefficient (Wildman–Crippen LogP) is 0.513. The molecule has 0 fully saturated rings. The zero-order chi connectivity index (χ0) is 9.84. The molecule has 5 nitrogen and oxygen atoms in total. The highest BCUT2D eigenvalue weighted by molar-refractivity contribution is 5.68. The molecule has 1 aromatic rings. The van der Waals surface area contributed by atoms with E-state index >= 15 is 0 Å². The average Bonchev–Trinajstić information content (AvgIpc) is 2.47. The molecule has 5 heteroatoms. The van der Waals surface area contributed by atoms with Crippen LogP contribution in [0.3, 0.4) is 0 Å². The SMILES string of the molecule is CN(C)CCc1nccn1C(=O)O. The van der Waals surface area contributed by atoms with E-state index in [4.69, 9.17) is 5.11 Å². The Morgan fingerprint density at radius 3 is 2.92 bits per heavy atom. The summed E-state index contributed by atoms with van der Waals surface area (Å²) >= 11 is 0. The van der Waals surface area contributed by atoms with Crippen molar-refractivity contribution in [3.05, 3.63) is 18.2 Å². The van der Waals surface area contributed by atoms with E-state index in [0.29, 0.717) is 12.2 Å². The van der Waals surface area contributed by atoms with Crippen LogP contribution >= 0.6 is 0 Å². The Bertz CT molecular complexity index is 293. The van der Waals surface area contributed by atoms with Gasteiger partial charge in [0.15, 0.2) is 0 Å². The second kappa shape index (κ2) is 4.04. The van der Waals surface area contributed by atoms with Gasteiger partial charge in [0, 0.05) is 25.4 Å². The number of hydrogen-bond donors (Lipinski definition) is 1. The molecule has 0 aromatic carbocycles. The van der Waals surface area contributed by atoms with Gasteiger partial charge in [-0.1, -0.05) is 0 Å². The van der Waals surface area contributed by atoms with Crippen LogP contribution in [0.5, 0.6) is 0 Å². The van der Waals surface area contributed by atoms with Gasteiger partial charge in [-0.15, -0.1) is 0 Å². The van der Waals surface area contributed by atoms with E-state index in [9.17, 15) is 4.79 Å². The molecular weight excluding hydrogens is 170 g/mol. The van der Waals surface area contributed by atoms with Gasteiger partial charge in [0.1, 0.15) is 5.82 Å². The highest BCUT2D eigenvalue weighted by atomic mass is 16.4. The summed E-state index contributed by atoms with van der Waals surface area (Å²) in [6, 6.07) is 0. The number of carboxylic acid groups (broad SMARTS) is 1. The fourth-order valence-electron chi connectivity index (χ4n) is 1.02. The van der Waals surface area contributed by atoms with E-state index in [1.165, 1.54) is 12.4 Å². The molecule has 0 amide bonds.